The van der Waals surface area contributed by atoms with Crippen LogP contribution in [0.2, 0.25) is 0 Å². The van der Waals surface area contributed by atoms with Crippen molar-refractivity contribution in [3.63, 3.8) is 0 Å². The number of amides is 1. The number of hydrogen-bond donors (Lipinski definition) is 2. The van der Waals surface area contributed by atoms with Gasteiger partial charge >= 0.3 is 0 Å². The van der Waals surface area contributed by atoms with Crippen LogP contribution in [0.25, 0.3) is 0 Å². The molecule has 19 heavy (non-hydrogen) atoms. The largest absolute Gasteiger partial charge is 0.346 e. The highest BCUT2D eigenvalue weighted by atomic mass is 35.5. The molecule has 1 aliphatic heterocycles. The molecule has 1 aromatic heterocycles. The maximum absolute atomic E-state index is 12.0. The lowest BCUT2D eigenvalue weighted by Gasteiger charge is -2.30. The number of carbonyl (C=O) groups is 1. The third kappa shape index (κ3) is 3.78. The fourth-order valence-electron chi connectivity index (χ4n) is 2.05. The lowest BCUT2D eigenvalue weighted by Crippen LogP contribution is -2.50. The molecule has 0 spiro atoms. The second-order valence-corrected chi connectivity index (χ2v) is 4.73. The molecule has 2 atom stereocenters. The van der Waals surface area contributed by atoms with E-state index in [9.17, 15) is 9.59 Å². The van der Waals surface area contributed by atoms with Gasteiger partial charge in [0.1, 0.15) is 5.69 Å². The van der Waals surface area contributed by atoms with Gasteiger partial charge in [0.15, 0.2) is 0 Å². The van der Waals surface area contributed by atoms with Gasteiger partial charge in [-0.1, -0.05) is 6.92 Å². The monoisotopic (exact) mass is 286 g/mol. The summed E-state index contributed by atoms with van der Waals surface area (Å²) in [5.74, 6) is 0.217. The number of carbonyl (C=O) groups excluding carboxylic acids is 1. The zero-order valence-electron chi connectivity index (χ0n) is 11.0. The van der Waals surface area contributed by atoms with Crippen molar-refractivity contribution >= 4 is 18.3 Å². The van der Waals surface area contributed by atoms with Crippen LogP contribution < -0.4 is 16.2 Å². The highest BCUT2D eigenvalue weighted by Gasteiger charge is 2.23. The third-order valence-electron chi connectivity index (χ3n) is 3.34. The summed E-state index contributed by atoms with van der Waals surface area (Å²) in [5.41, 5.74) is 0.0501. The topological polar surface area (TPSA) is 76.0 Å². The Balaban J connectivity index is 0.00000180. The lowest BCUT2D eigenvalue weighted by atomic mass is 9.95. The molecule has 2 N–H and O–H groups in total. The molecule has 0 radical (unpaired) electrons. The first-order chi connectivity index (χ1) is 8.58. The zero-order valence-corrected chi connectivity index (χ0v) is 11.9. The average molecular weight is 287 g/mol. The van der Waals surface area contributed by atoms with E-state index in [1.165, 1.54) is 19.2 Å². The van der Waals surface area contributed by atoms with Crippen LogP contribution in [0.3, 0.4) is 0 Å². The summed E-state index contributed by atoms with van der Waals surface area (Å²) < 4.78 is 1.16. The van der Waals surface area contributed by atoms with Gasteiger partial charge in [-0.25, -0.2) is 4.68 Å². The second kappa shape index (κ2) is 6.68. The summed E-state index contributed by atoms with van der Waals surface area (Å²) >= 11 is 0. The number of halogens is 1. The van der Waals surface area contributed by atoms with Gasteiger partial charge in [-0.2, -0.15) is 5.10 Å². The molecule has 7 heteroatoms. The molecule has 1 aliphatic rings. The van der Waals surface area contributed by atoms with E-state index in [0.717, 1.165) is 24.2 Å². The van der Waals surface area contributed by atoms with Gasteiger partial charge in [-0.15, -0.1) is 12.4 Å². The second-order valence-electron chi connectivity index (χ2n) is 4.73. The van der Waals surface area contributed by atoms with Gasteiger partial charge in [0.25, 0.3) is 11.5 Å². The number of piperidine rings is 1. The van der Waals surface area contributed by atoms with Crippen LogP contribution in [0.1, 0.15) is 23.8 Å². The van der Waals surface area contributed by atoms with Crippen LogP contribution in [0, 0.1) is 5.92 Å². The molecule has 1 aromatic rings. The molecule has 1 saturated heterocycles. The van der Waals surface area contributed by atoms with Gasteiger partial charge < -0.3 is 10.6 Å². The average Bonchev–Trinajstić information content (AvgIpc) is 2.35. The first-order valence-electron chi connectivity index (χ1n) is 6.14. The Morgan fingerprint density at radius 2 is 2.26 bits per heavy atom. The Bertz CT molecular complexity index is 503. The lowest BCUT2D eigenvalue weighted by molar-refractivity contribution is 0.0908. The minimum Gasteiger partial charge on any atom is -0.346 e. The molecule has 1 amide bonds. The van der Waals surface area contributed by atoms with E-state index in [0.29, 0.717) is 5.92 Å². The molecule has 0 aliphatic carbocycles. The van der Waals surface area contributed by atoms with Crippen LogP contribution in [-0.2, 0) is 7.05 Å². The summed E-state index contributed by atoms with van der Waals surface area (Å²) in [6.07, 6.45) is 1.05. The van der Waals surface area contributed by atoms with Crippen LogP contribution in [0.15, 0.2) is 16.9 Å². The number of hydrogen-bond acceptors (Lipinski definition) is 4. The molecular formula is C12H19ClN4O2. The molecule has 0 aromatic carbocycles. The summed E-state index contributed by atoms with van der Waals surface area (Å²) in [6, 6.07) is 2.92. The fourth-order valence-corrected chi connectivity index (χ4v) is 2.05. The molecule has 6 nitrogen and oxygen atoms in total. The van der Waals surface area contributed by atoms with Crippen molar-refractivity contribution in [2.75, 3.05) is 13.1 Å². The normalized spacial score (nSPS) is 22.4. The Labute approximate surface area is 118 Å². The van der Waals surface area contributed by atoms with Gasteiger partial charge in [0, 0.05) is 25.7 Å². The van der Waals surface area contributed by atoms with Crippen LogP contribution in [0.4, 0.5) is 0 Å². The van der Waals surface area contributed by atoms with Gasteiger partial charge in [-0.3, -0.25) is 9.59 Å². The Hall–Kier alpha value is -1.40. The summed E-state index contributed by atoms with van der Waals surface area (Å²) in [6.45, 7) is 3.89. The molecule has 0 bridgehead atoms. The van der Waals surface area contributed by atoms with E-state index in [-0.39, 0.29) is 35.6 Å². The molecule has 2 heterocycles. The predicted molar refractivity (Wildman–Crippen MR) is 74.6 cm³/mol. The molecule has 106 valence electrons. The third-order valence-corrected chi connectivity index (χ3v) is 3.34. The zero-order chi connectivity index (χ0) is 13.1. The molecular weight excluding hydrogens is 268 g/mol. The molecule has 0 saturated carbocycles. The summed E-state index contributed by atoms with van der Waals surface area (Å²) in [5, 5.41) is 10.1. The summed E-state index contributed by atoms with van der Waals surface area (Å²) in [7, 11) is 1.53. The fraction of sp³-hybridized carbons (Fsp3) is 0.583. The molecule has 2 unspecified atom stereocenters. The quantitative estimate of drug-likeness (QED) is 0.798. The smallest absolute Gasteiger partial charge is 0.271 e. The van der Waals surface area contributed by atoms with Gasteiger partial charge in [0.2, 0.25) is 0 Å². The minimum absolute atomic E-state index is 0. The molecule has 1 fully saturated rings. The number of aryl methyl sites for hydroxylation is 1. The number of nitrogens with zero attached hydrogens (tertiary/aromatic N) is 2. The van der Waals surface area contributed by atoms with E-state index >= 15 is 0 Å². The first-order valence-corrected chi connectivity index (χ1v) is 6.14. The number of rotatable bonds is 2. The Kier molecular flexibility index (Phi) is 5.50. The van der Waals surface area contributed by atoms with Crippen molar-refractivity contribution in [2.45, 2.75) is 19.4 Å². The van der Waals surface area contributed by atoms with E-state index in [2.05, 4.69) is 22.7 Å². The maximum atomic E-state index is 12.0. The highest BCUT2D eigenvalue weighted by Crippen LogP contribution is 2.11. The maximum Gasteiger partial charge on any atom is 0.271 e. The van der Waals surface area contributed by atoms with E-state index < -0.39 is 0 Å². The van der Waals surface area contributed by atoms with E-state index in [4.69, 9.17) is 0 Å². The highest BCUT2D eigenvalue weighted by molar-refractivity contribution is 5.92. The Morgan fingerprint density at radius 1 is 1.53 bits per heavy atom. The summed E-state index contributed by atoms with van der Waals surface area (Å²) in [4.78, 5) is 23.2. The van der Waals surface area contributed by atoms with Gasteiger partial charge in [-0.05, 0) is 24.9 Å². The SMILES string of the molecule is CC1CCNCC1NC(=O)c1ccc(=O)n(C)n1.Cl. The van der Waals surface area contributed by atoms with E-state index in [1.54, 1.807) is 0 Å². The van der Waals surface area contributed by atoms with Crippen molar-refractivity contribution in [1.82, 2.24) is 20.4 Å². The van der Waals surface area contributed by atoms with Gasteiger partial charge in [0.05, 0.1) is 0 Å². The van der Waals surface area contributed by atoms with Crippen molar-refractivity contribution in [3.05, 3.63) is 28.2 Å². The van der Waals surface area contributed by atoms with Crippen molar-refractivity contribution in [1.29, 1.82) is 0 Å². The van der Waals surface area contributed by atoms with Crippen molar-refractivity contribution < 1.29 is 4.79 Å². The van der Waals surface area contributed by atoms with E-state index in [1.807, 2.05) is 0 Å². The molecule has 2 rings (SSSR count). The first kappa shape index (κ1) is 15.7. The number of aromatic nitrogens is 2. The van der Waals surface area contributed by atoms with Crippen LogP contribution in [0.5, 0.6) is 0 Å². The van der Waals surface area contributed by atoms with Crippen molar-refractivity contribution in [3.8, 4) is 0 Å². The minimum atomic E-state index is -0.230. The van der Waals surface area contributed by atoms with Crippen molar-refractivity contribution in [2.24, 2.45) is 13.0 Å². The predicted octanol–water partition coefficient (Wildman–Crippen LogP) is -0.0701. The Morgan fingerprint density at radius 3 is 2.89 bits per heavy atom. The number of nitrogens with one attached hydrogen (secondary N) is 2. The standard InChI is InChI=1S/C12H18N4O2.ClH/c1-8-5-6-13-7-10(8)14-12(18)9-3-4-11(17)16(2)15-9;/h3-4,8,10,13H,5-7H2,1-2H3,(H,14,18);1H. The van der Waals surface area contributed by atoms with Crippen LogP contribution in [-0.4, -0.2) is 34.8 Å². The van der Waals surface area contributed by atoms with Crippen LogP contribution >= 0.6 is 12.4 Å².